The number of aromatic nitrogens is 1. The molecule has 4 heteroatoms. The highest BCUT2D eigenvalue weighted by Gasteiger charge is 2.23. The van der Waals surface area contributed by atoms with Crippen molar-refractivity contribution in [1.82, 2.24) is 4.98 Å². The standard InChI is InChI=1S/C11H19N3S/c1-8-7-15-11(13-8)14-5-3-4-10(6-14)9(2)12/h7,9-10H,3-6,12H2,1-2H3. The third kappa shape index (κ3) is 2.49. The second kappa shape index (κ2) is 4.49. The number of piperidine rings is 1. The van der Waals surface area contributed by atoms with Gasteiger partial charge in [0.15, 0.2) is 5.13 Å². The Morgan fingerprint density at radius 1 is 1.67 bits per heavy atom. The molecule has 15 heavy (non-hydrogen) atoms. The topological polar surface area (TPSA) is 42.1 Å². The number of hydrogen-bond donors (Lipinski definition) is 1. The van der Waals surface area contributed by atoms with Gasteiger partial charge >= 0.3 is 0 Å². The second-order valence-corrected chi connectivity index (χ2v) is 5.32. The number of thiazole rings is 1. The molecule has 2 rings (SSSR count). The summed E-state index contributed by atoms with van der Waals surface area (Å²) in [5.41, 5.74) is 7.09. The van der Waals surface area contributed by atoms with Gasteiger partial charge in [-0.15, -0.1) is 11.3 Å². The SMILES string of the molecule is Cc1csc(N2CCCC(C(C)N)C2)n1. The Labute approximate surface area is 95.3 Å². The minimum absolute atomic E-state index is 0.300. The molecule has 0 spiro atoms. The predicted molar refractivity (Wildman–Crippen MR) is 65.4 cm³/mol. The van der Waals surface area contributed by atoms with Crippen molar-refractivity contribution in [3.05, 3.63) is 11.1 Å². The lowest BCUT2D eigenvalue weighted by Crippen LogP contribution is -2.42. The van der Waals surface area contributed by atoms with Gasteiger partial charge in [-0.05, 0) is 32.6 Å². The zero-order valence-corrected chi connectivity index (χ0v) is 10.3. The normalized spacial score (nSPS) is 24.2. The first-order valence-electron chi connectivity index (χ1n) is 5.59. The Bertz CT molecular complexity index is 321. The Kier molecular flexibility index (Phi) is 3.26. The minimum atomic E-state index is 0.300. The lowest BCUT2D eigenvalue weighted by Gasteiger charge is -2.34. The summed E-state index contributed by atoms with van der Waals surface area (Å²) in [6.45, 7) is 6.37. The molecule has 84 valence electrons. The first-order valence-corrected chi connectivity index (χ1v) is 6.47. The van der Waals surface area contributed by atoms with Gasteiger partial charge in [0.25, 0.3) is 0 Å². The van der Waals surface area contributed by atoms with E-state index in [-0.39, 0.29) is 0 Å². The monoisotopic (exact) mass is 225 g/mol. The smallest absolute Gasteiger partial charge is 0.185 e. The second-order valence-electron chi connectivity index (χ2n) is 4.48. The Morgan fingerprint density at radius 3 is 3.07 bits per heavy atom. The van der Waals surface area contributed by atoms with E-state index in [1.807, 2.05) is 6.92 Å². The fourth-order valence-corrected chi connectivity index (χ4v) is 2.94. The number of nitrogens with zero attached hydrogens (tertiary/aromatic N) is 2. The van der Waals surface area contributed by atoms with Crippen LogP contribution in [0.2, 0.25) is 0 Å². The largest absolute Gasteiger partial charge is 0.348 e. The Balaban J connectivity index is 2.04. The van der Waals surface area contributed by atoms with Gasteiger partial charge in [-0.3, -0.25) is 0 Å². The molecule has 0 amide bonds. The molecule has 0 radical (unpaired) electrons. The maximum absolute atomic E-state index is 5.97. The third-order valence-electron chi connectivity index (χ3n) is 3.08. The molecule has 1 aromatic rings. The lowest BCUT2D eigenvalue weighted by atomic mass is 9.92. The van der Waals surface area contributed by atoms with Gasteiger partial charge in [-0.1, -0.05) is 0 Å². The van der Waals surface area contributed by atoms with Gasteiger partial charge in [-0.2, -0.15) is 0 Å². The summed E-state index contributed by atoms with van der Waals surface area (Å²) in [5, 5.41) is 3.28. The molecule has 0 aliphatic carbocycles. The molecule has 2 heterocycles. The highest BCUT2D eigenvalue weighted by atomic mass is 32.1. The quantitative estimate of drug-likeness (QED) is 0.837. The zero-order valence-electron chi connectivity index (χ0n) is 9.44. The van der Waals surface area contributed by atoms with E-state index in [2.05, 4.69) is 22.2 Å². The average Bonchev–Trinajstić information content (AvgIpc) is 2.65. The molecule has 1 aliphatic rings. The fraction of sp³-hybridized carbons (Fsp3) is 0.727. The van der Waals surface area contributed by atoms with Crippen LogP contribution < -0.4 is 10.6 Å². The molecule has 0 bridgehead atoms. The van der Waals surface area contributed by atoms with E-state index >= 15 is 0 Å². The van der Waals surface area contributed by atoms with Crippen molar-refractivity contribution >= 4 is 16.5 Å². The van der Waals surface area contributed by atoms with Crippen molar-refractivity contribution in [2.75, 3.05) is 18.0 Å². The summed E-state index contributed by atoms with van der Waals surface area (Å²) in [7, 11) is 0. The number of nitrogens with two attached hydrogens (primary N) is 1. The van der Waals surface area contributed by atoms with Gasteiger partial charge in [0.2, 0.25) is 0 Å². The van der Waals surface area contributed by atoms with Crippen molar-refractivity contribution in [2.24, 2.45) is 11.7 Å². The summed E-state index contributed by atoms with van der Waals surface area (Å²) < 4.78 is 0. The van der Waals surface area contributed by atoms with Crippen LogP contribution in [0.5, 0.6) is 0 Å². The highest BCUT2D eigenvalue weighted by Crippen LogP contribution is 2.26. The molecular weight excluding hydrogens is 206 g/mol. The predicted octanol–water partition coefficient (Wildman–Crippen LogP) is 2.02. The van der Waals surface area contributed by atoms with Crippen LogP contribution in [0.1, 0.15) is 25.5 Å². The van der Waals surface area contributed by atoms with Gasteiger partial charge in [0.05, 0.1) is 5.69 Å². The maximum atomic E-state index is 5.97. The molecule has 3 nitrogen and oxygen atoms in total. The summed E-state index contributed by atoms with van der Waals surface area (Å²) in [4.78, 5) is 6.92. The molecule has 0 saturated carbocycles. The van der Waals surface area contributed by atoms with Crippen LogP contribution in [0, 0.1) is 12.8 Å². The molecule has 1 aromatic heterocycles. The summed E-state index contributed by atoms with van der Waals surface area (Å²) in [6.07, 6.45) is 2.50. The summed E-state index contributed by atoms with van der Waals surface area (Å²) in [6, 6.07) is 0.300. The molecule has 1 aliphatic heterocycles. The molecule has 0 aromatic carbocycles. The number of hydrogen-bond acceptors (Lipinski definition) is 4. The number of anilines is 1. The van der Waals surface area contributed by atoms with Crippen LogP contribution in [0.15, 0.2) is 5.38 Å². The number of aryl methyl sites for hydroxylation is 1. The number of rotatable bonds is 2. The summed E-state index contributed by atoms with van der Waals surface area (Å²) in [5.74, 6) is 0.628. The van der Waals surface area contributed by atoms with E-state index in [9.17, 15) is 0 Å². The van der Waals surface area contributed by atoms with Gasteiger partial charge in [-0.25, -0.2) is 4.98 Å². The fourth-order valence-electron chi connectivity index (χ4n) is 2.10. The molecule has 2 atom stereocenters. The van der Waals surface area contributed by atoms with Crippen molar-refractivity contribution in [2.45, 2.75) is 32.7 Å². The van der Waals surface area contributed by atoms with E-state index in [1.54, 1.807) is 11.3 Å². The van der Waals surface area contributed by atoms with Crippen molar-refractivity contribution in [3.8, 4) is 0 Å². The molecule has 1 saturated heterocycles. The average molecular weight is 225 g/mol. The first kappa shape index (κ1) is 10.9. The molecular formula is C11H19N3S. The van der Waals surface area contributed by atoms with E-state index in [0.29, 0.717) is 12.0 Å². The molecule has 2 N–H and O–H groups in total. The van der Waals surface area contributed by atoms with E-state index in [1.165, 1.54) is 12.8 Å². The zero-order chi connectivity index (χ0) is 10.8. The highest BCUT2D eigenvalue weighted by molar-refractivity contribution is 7.13. The van der Waals surface area contributed by atoms with Crippen LogP contribution in [0.3, 0.4) is 0 Å². The Morgan fingerprint density at radius 2 is 2.47 bits per heavy atom. The molecule has 1 fully saturated rings. The third-order valence-corrected chi connectivity index (χ3v) is 4.10. The van der Waals surface area contributed by atoms with Crippen LogP contribution in [-0.4, -0.2) is 24.1 Å². The van der Waals surface area contributed by atoms with Gasteiger partial charge in [0.1, 0.15) is 0 Å². The van der Waals surface area contributed by atoms with Crippen LogP contribution in [-0.2, 0) is 0 Å². The van der Waals surface area contributed by atoms with Crippen molar-refractivity contribution in [1.29, 1.82) is 0 Å². The van der Waals surface area contributed by atoms with Crippen LogP contribution in [0.4, 0.5) is 5.13 Å². The maximum Gasteiger partial charge on any atom is 0.185 e. The van der Waals surface area contributed by atoms with Crippen molar-refractivity contribution in [3.63, 3.8) is 0 Å². The Hall–Kier alpha value is -0.610. The van der Waals surface area contributed by atoms with E-state index in [4.69, 9.17) is 5.73 Å². The van der Waals surface area contributed by atoms with Gasteiger partial charge < -0.3 is 10.6 Å². The first-order chi connectivity index (χ1) is 7.16. The van der Waals surface area contributed by atoms with E-state index < -0.39 is 0 Å². The van der Waals surface area contributed by atoms with Gasteiger partial charge in [0, 0.05) is 24.5 Å². The van der Waals surface area contributed by atoms with E-state index in [0.717, 1.165) is 23.9 Å². The van der Waals surface area contributed by atoms with Crippen LogP contribution >= 0.6 is 11.3 Å². The van der Waals surface area contributed by atoms with Crippen LogP contribution in [0.25, 0.3) is 0 Å². The lowest BCUT2D eigenvalue weighted by molar-refractivity contribution is 0.364. The molecule has 2 unspecified atom stereocenters. The minimum Gasteiger partial charge on any atom is -0.348 e. The summed E-state index contributed by atoms with van der Waals surface area (Å²) >= 11 is 1.74. The van der Waals surface area contributed by atoms with Crippen molar-refractivity contribution < 1.29 is 0 Å².